The van der Waals surface area contributed by atoms with E-state index in [-0.39, 0.29) is 30.2 Å². The zero-order valence-electron chi connectivity index (χ0n) is 17.0. The number of carbonyl (C=O) groups excluding carboxylic acids is 3. The molecule has 3 aromatic rings. The summed E-state index contributed by atoms with van der Waals surface area (Å²) in [5.74, 6) is -1.68. The molecule has 0 atom stereocenters. The molecular weight excluding hydrogens is 471 g/mol. The molecule has 10 heteroatoms. The molecule has 0 radical (unpaired) electrons. The molecule has 0 aliphatic rings. The van der Waals surface area contributed by atoms with E-state index in [2.05, 4.69) is 10.6 Å². The summed E-state index contributed by atoms with van der Waals surface area (Å²) in [6.07, 6.45) is 0. The number of aromatic carboxylic acids is 1. The third kappa shape index (κ3) is 7.71. The molecule has 0 aliphatic heterocycles. The fourth-order valence-electron chi connectivity index (χ4n) is 2.64. The minimum atomic E-state index is -1.48. The number of carbonyl (C=O) groups is 3. The number of hydrogen-bond acceptors (Lipinski definition) is 6. The van der Waals surface area contributed by atoms with Gasteiger partial charge < -0.3 is 30.0 Å². The van der Waals surface area contributed by atoms with E-state index in [0.717, 1.165) is 0 Å². The Morgan fingerprint density at radius 1 is 0.697 bits per heavy atom. The van der Waals surface area contributed by atoms with Gasteiger partial charge in [0.1, 0.15) is 11.5 Å². The summed E-state index contributed by atoms with van der Waals surface area (Å²) in [5.41, 5.74) is 0.0333. The van der Waals surface area contributed by atoms with Crippen LogP contribution in [0.2, 0.25) is 10.0 Å². The van der Waals surface area contributed by atoms with Crippen LogP contribution in [-0.2, 0) is 9.59 Å². The molecule has 0 saturated heterocycles. The second kappa shape index (κ2) is 11.2. The van der Waals surface area contributed by atoms with Gasteiger partial charge in [-0.25, -0.2) is 0 Å². The molecule has 3 rings (SSSR count). The summed E-state index contributed by atoms with van der Waals surface area (Å²) in [6.45, 7) is -0.651. The van der Waals surface area contributed by atoms with Gasteiger partial charge in [-0.2, -0.15) is 0 Å². The van der Waals surface area contributed by atoms with Gasteiger partial charge in [0.15, 0.2) is 13.2 Å². The average Bonchev–Trinajstić information content (AvgIpc) is 2.78. The minimum Gasteiger partial charge on any atom is -0.545 e. The van der Waals surface area contributed by atoms with Crippen molar-refractivity contribution in [1.82, 2.24) is 0 Å². The molecule has 3 aromatic carbocycles. The topological polar surface area (TPSA) is 117 Å². The maximum Gasteiger partial charge on any atom is 0.262 e. The molecule has 2 amide bonds. The lowest BCUT2D eigenvalue weighted by Gasteiger charge is -2.13. The maximum atomic E-state index is 12.2. The van der Waals surface area contributed by atoms with Crippen molar-refractivity contribution in [2.45, 2.75) is 0 Å². The van der Waals surface area contributed by atoms with Crippen LogP contribution in [0, 0.1) is 0 Å². The first-order valence-electron chi connectivity index (χ1n) is 9.51. The largest absolute Gasteiger partial charge is 0.545 e. The number of halogens is 2. The van der Waals surface area contributed by atoms with Crippen molar-refractivity contribution in [2.75, 3.05) is 23.8 Å². The highest BCUT2D eigenvalue weighted by atomic mass is 35.5. The quantitative estimate of drug-likeness (QED) is 0.477. The Labute approximate surface area is 199 Å². The molecule has 8 nitrogen and oxygen atoms in total. The normalized spacial score (nSPS) is 10.2. The first-order valence-corrected chi connectivity index (χ1v) is 10.3. The summed E-state index contributed by atoms with van der Waals surface area (Å²) >= 11 is 11.6. The molecule has 2 N–H and O–H groups in total. The molecule has 170 valence electrons. The molecular formula is C23H17Cl2N2O6-. The minimum absolute atomic E-state index is 0.135. The predicted molar refractivity (Wildman–Crippen MR) is 122 cm³/mol. The number of carboxylic acid groups (broad SMARTS) is 1. The SMILES string of the molecule is O=C(COc1ccc(Cl)cc1)Nc1cc(NC(=O)COc2ccc(Cl)cc2)cc(C(=O)[O-])c1. The van der Waals surface area contributed by atoms with E-state index in [1.807, 2.05) is 0 Å². The molecule has 33 heavy (non-hydrogen) atoms. The van der Waals surface area contributed by atoms with Crippen LogP contribution < -0.4 is 25.2 Å². The van der Waals surface area contributed by atoms with Crippen molar-refractivity contribution in [1.29, 1.82) is 0 Å². The third-order valence-corrected chi connectivity index (χ3v) is 4.61. The van der Waals surface area contributed by atoms with Crippen molar-refractivity contribution < 1.29 is 29.0 Å². The summed E-state index contributed by atoms with van der Waals surface area (Å²) in [4.78, 5) is 35.8. The Balaban J connectivity index is 1.61. The highest BCUT2D eigenvalue weighted by Gasteiger charge is 2.10. The molecule has 0 heterocycles. The van der Waals surface area contributed by atoms with Crippen LogP contribution in [0.5, 0.6) is 11.5 Å². The first kappa shape index (κ1) is 23.9. The van der Waals surface area contributed by atoms with Crippen molar-refractivity contribution >= 4 is 52.4 Å². The van der Waals surface area contributed by atoms with Gasteiger partial charge in [0, 0.05) is 27.0 Å². The Morgan fingerprint density at radius 2 is 1.09 bits per heavy atom. The molecule has 0 spiro atoms. The van der Waals surface area contributed by atoms with Crippen LogP contribution in [0.25, 0.3) is 0 Å². The van der Waals surface area contributed by atoms with Crippen molar-refractivity contribution in [3.63, 3.8) is 0 Å². The van der Waals surface area contributed by atoms with Crippen LogP contribution >= 0.6 is 23.2 Å². The smallest absolute Gasteiger partial charge is 0.262 e. The molecule has 0 aromatic heterocycles. The maximum absolute atomic E-state index is 12.2. The van der Waals surface area contributed by atoms with Crippen LogP contribution in [0.1, 0.15) is 10.4 Å². The summed E-state index contributed by atoms with van der Waals surface area (Å²) < 4.78 is 10.7. The van der Waals surface area contributed by atoms with E-state index in [1.165, 1.54) is 18.2 Å². The molecule has 0 fully saturated rings. The standard InChI is InChI=1S/C23H18Cl2N2O6/c24-15-1-5-19(6-2-15)32-12-21(28)26-17-9-14(23(30)31)10-18(11-17)27-22(29)13-33-20-7-3-16(25)4-8-20/h1-11H,12-13H2,(H,26,28)(H,27,29)(H,30,31)/p-1. The van der Waals surface area contributed by atoms with Gasteiger partial charge in [-0.15, -0.1) is 0 Å². The van der Waals surface area contributed by atoms with Gasteiger partial charge in [0.2, 0.25) is 0 Å². The number of anilines is 2. The van der Waals surface area contributed by atoms with E-state index in [1.54, 1.807) is 48.5 Å². The summed E-state index contributed by atoms with van der Waals surface area (Å²) in [7, 11) is 0. The second-order valence-corrected chi connectivity index (χ2v) is 7.54. The fraction of sp³-hybridized carbons (Fsp3) is 0.0870. The van der Waals surface area contributed by atoms with Crippen LogP contribution in [0.15, 0.2) is 66.7 Å². The number of amides is 2. The van der Waals surface area contributed by atoms with Gasteiger partial charge in [0.05, 0.1) is 5.97 Å². The first-order chi connectivity index (χ1) is 15.8. The number of carboxylic acids is 1. The number of ether oxygens (including phenoxy) is 2. The van der Waals surface area contributed by atoms with Gasteiger partial charge in [-0.3, -0.25) is 9.59 Å². The second-order valence-electron chi connectivity index (χ2n) is 6.67. The van der Waals surface area contributed by atoms with Crippen molar-refractivity contribution in [2.24, 2.45) is 0 Å². The Kier molecular flexibility index (Phi) is 8.12. The van der Waals surface area contributed by atoms with Gasteiger partial charge in [0.25, 0.3) is 11.8 Å². The summed E-state index contributed by atoms with van der Waals surface area (Å²) in [5, 5.41) is 17.4. The summed E-state index contributed by atoms with van der Waals surface area (Å²) in [6, 6.07) is 16.7. The third-order valence-electron chi connectivity index (χ3n) is 4.10. The number of benzene rings is 3. The number of hydrogen-bond donors (Lipinski definition) is 2. The molecule has 0 saturated carbocycles. The highest BCUT2D eigenvalue weighted by Crippen LogP contribution is 2.20. The monoisotopic (exact) mass is 487 g/mol. The van der Waals surface area contributed by atoms with E-state index in [4.69, 9.17) is 32.7 Å². The van der Waals surface area contributed by atoms with Gasteiger partial charge in [-0.05, 0) is 66.7 Å². The number of rotatable bonds is 9. The van der Waals surface area contributed by atoms with Gasteiger partial charge in [-0.1, -0.05) is 23.2 Å². The number of nitrogens with one attached hydrogen (secondary N) is 2. The average molecular weight is 488 g/mol. The lowest BCUT2D eigenvalue weighted by atomic mass is 10.1. The Morgan fingerprint density at radius 3 is 1.45 bits per heavy atom. The van der Waals surface area contributed by atoms with Crippen molar-refractivity contribution in [3.05, 3.63) is 82.3 Å². The lowest BCUT2D eigenvalue weighted by molar-refractivity contribution is -0.255. The fourth-order valence-corrected chi connectivity index (χ4v) is 2.90. The molecule has 0 bridgehead atoms. The van der Waals surface area contributed by atoms with Crippen LogP contribution in [-0.4, -0.2) is 31.0 Å². The Bertz CT molecular complexity index is 1070. The lowest BCUT2D eigenvalue weighted by Crippen LogP contribution is -2.25. The van der Waals surface area contributed by atoms with E-state index < -0.39 is 17.8 Å². The van der Waals surface area contributed by atoms with Crippen molar-refractivity contribution in [3.8, 4) is 11.5 Å². The van der Waals surface area contributed by atoms with Gasteiger partial charge >= 0.3 is 0 Å². The van der Waals surface area contributed by atoms with Crippen LogP contribution in [0.3, 0.4) is 0 Å². The Hall–Kier alpha value is -3.75. The zero-order valence-corrected chi connectivity index (χ0v) is 18.5. The van der Waals surface area contributed by atoms with E-state index in [9.17, 15) is 19.5 Å². The van der Waals surface area contributed by atoms with E-state index >= 15 is 0 Å². The highest BCUT2D eigenvalue weighted by molar-refractivity contribution is 6.30. The zero-order chi connectivity index (χ0) is 23.8. The molecule has 0 unspecified atom stereocenters. The predicted octanol–water partition coefficient (Wildman–Crippen LogP) is 3.39. The van der Waals surface area contributed by atoms with Crippen LogP contribution in [0.4, 0.5) is 11.4 Å². The van der Waals surface area contributed by atoms with E-state index in [0.29, 0.717) is 21.5 Å². The molecule has 0 aliphatic carbocycles.